The maximum Gasteiger partial charge on any atom is 0.0623 e. The molecule has 86 valence electrons. The highest BCUT2D eigenvalue weighted by Gasteiger charge is 1.77. The van der Waals surface area contributed by atoms with Crippen molar-refractivity contribution >= 4 is 23.1 Å². The van der Waals surface area contributed by atoms with Crippen molar-refractivity contribution in [2.45, 2.75) is 26.2 Å². The van der Waals surface area contributed by atoms with Gasteiger partial charge < -0.3 is 5.73 Å². The summed E-state index contributed by atoms with van der Waals surface area (Å²) in [4.78, 5) is 3.98. The van der Waals surface area contributed by atoms with E-state index in [1.807, 2.05) is 18.2 Å². The first-order valence-electron chi connectivity index (χ1n) is 5.08. The number of aromatic nitrogens is 1. The summed E-state index contributed by atoms with van der Waals surface area (Å²) >= 11 is 0. The molecule has 0 fully saturated rings. The average Bonchev–Trinajstić information content (AvgIpc) is 2.28. The highest BCUT2D eigenvalue weighted by atomic mass is 79.9. The number of hydrogen-bond donors (Lipinski definition) is 1. The summed E-state index contributed by atoms with van der Waals surface area (Å²) in [5.41, 5.74) is 6.14. The molecule has 0 aromatic carbocycles. The van der Waals surface area contributed by atoms with E-state index < -0.39 is 0 Å². The maximum atomic E-state index is 5.21. The molecule has 0 aliphatic carbocycles. The quantitative estimate of drug-likeness (QED) is 0.853. The molecule has 1 rings (SSSR count). The molecule has 1 heterocycles. The summed E-state index contributed by atoms with van der Waals surface area (Å²) in [7, 11) is 0. The van der Waals surface area contributed by atoms with E-state index in [2.05, 4.69) is 18.5 Å². The highest BCUT2D eigenvalue weighted by Crippen LogP contribution is 1.91. The molecular weight excluding hydrogens is 252 g/mol. The molecule has 3 heteroatoms. The number of unbranched alkanes of at least 4 members (excludes halogenated alkanes) is 2. The summed E-state index contributed by atoms with van der Waals surface area (Å²) in [6, 6.07) is 5.73. The van der Waals surface area contributed by atoms with Crippen LogP contribution in [-0.4, -0.2) is 11.5 Å². The van der Waals surface area contributed by atoms with Crippen LogP contribution < -0.4 is 5.73 Å². The maximum absolute atomic E-state index is 5.21. The van der Waals surface area contributed by atoms with Gasteiger partial charge in [0.2, 0.25) is 0 Å². The highest BCUT2D eigenvalue weighted by molar-refractivity contribution is 8.93. The fraction of sp³-hybridized carbons (Fsp3) is 0.417. The number of nitrogens with zero attached hydrogens (tertiary/aromatic N) is 1. The first-order valence-corrected chi connectivity index (χ1v) is 5.08. The zero-order valence-electron chi connectivity index (χ0n) is 9.36. The lowest BCUT2D eigenvalue weighted by Crippen LogP contribution is -1.96. The Kier molecular flexibility index (Phi) is 14.9. The van der Waals surface area contributed by atoms with E-state index in [9.17, 15) is 0 Å². The van der Waals surface area contributed by atoms with E-state index in [0.29, 0.717) is 0 Å². The number of hydrogen-bond acceptors (Lipinski definition) is 2. The van der Waals surface area contributed by atoms with Crippen molar-refractivity contribution in [2.24, 2.45) is 5.73 Å². The van der Waals surface area contributed by atoms with Crippen LogP contribution >= 0.6 is 17.0 Å². The van der Waals surface area contributed by atoms with Crippen molar-refractivity contribution in [3.8, 4) is 0 Å². The first-order chi connectivity index (χ1) is 6.85. The molecule has 0 radical (unpaired) electrons. The van der Waals surface area contributed by atoms with Gasteiger partial charge in [-0.05, 0) is 31.2 Å². The van der Waals surface area contributed by atoms with Crippen molar-refractivity contribution in [3.63, 3.8) is 0 Å². The largest absolute Gasteiger partial charge is 0.330 e. The summed E-state index contributed by atoms with van der Waals surface area (Å²) in [5, 5.41) is 0. The van der Waals surface area contributed by atoms with Crippen LogP contribution in [0.1, 0.15) is 31.9 Å². The second-order valence-corrected chi connectivity index (χ2v) is 2.95. The number of rotatable bonds is 4. The van der Waals surface area contributed by atoms with Gasteiger partial charge in [-0.15, -0.1) is 17.0 Å². The number of pyridine rings is 1. The van der Waals surface area contributed by atoms with Crippen LogP contribution in [-0.2, 0) is 0 Å². The van der Waals surface area contributed by atoms with E-state index in [1.165, 1.54) is 19.3 Å². The molecule has 0 spiro atoms. The normalized spacial score (nSPS) is 8.13. The lowest BCUT2D eigenvalue weighted by molar-refractivity contribution is 0.727. The van der Waals surface area contributed by atoms with E-state index >= 15 is 0 Å². The van der Waals surface area contributed by atoms with Gasteiger partial charge in [-0.1, -0.05) is 32.4 Å². The molecule has 0 bridgehead atoms. The second-order valence-electron chi connectivity index (χ2n) is 2.95. The Morgan fingerprint density at radius 3 is 2.40 bits per heavy atom. The van der Waals surface area contributed by atoms with E-state index in [1.54, 1.807) is 12.3 Å². The van der Waals surface area contributed by atoms with Gasteiger partial charge in [-0.3, -0.25) is 4.98 Å². The molecule has 2 N–H and O–H groups in total. The molecule has 0 saturated carbocycles. The fourth-order valence-electron chi connectivity index (χ4n) is 0.891. The minimum Gasteiger partial charge on any atom is -0.330 e. The fourth-order valence-corrected chi connectivity index (χ4v) is 0.891. The standard InChI is InChI=1S/C7H7N.C5H13N.BrH/c1-2-7-5-3-4-6-8-7;1-2-3-4-5-6;/h2-6H,1H2;2-6H2,1H3;1H. The summed E-state index contributed by atoms with van der Waals surface area (Å²) in [5.74, 6) is 0. The Morgan fingerprint density at radius 2 is 2.13 bits per heavy atom. The van der Waals surface area contributed by atoms with E-state index in [0.717, 1.165) is 12.2 Å². The molecule has 2 nitrogen and oxygen atoms in total. The Labute approximate surface area is 103 Å². The van der Waals surface area contributed by atoms with Gasteiger partial charge in [0.25, 0.3) is 0 Å². The Balaban J connectivity index is 0. The molecule has 0 aliphatic rings. The molecule has 1 aromatic heterocycles. The van der Waals surface area contributed by atoms with E-state index in [4.69, 9.17) is 5.73 Å². The number of halogens is 1. The van der Waals surface area contributed by atoms with Crippen LogP contribution in [0.4, 0.5) is 0 Å². The van der Waals surface area contributed by atoms with Gasteiger partial charge in [0.05, 0.1) is 5.69 Å². The topological polar surface area (TPSA) is 38.9 Å². The summed E-state index contributed by atoms with van der Waals surface area (Å²) in [6.07, 6.45) is 7.22. The van der Waals surface area contributed by atoms with Crippen LogP contribution in [0.3, 0.4) is 0 Å². The second kappa shape index (κ2) is 13.3. The van der Waals surface area contributed by atoms with Gasteiger partial charge >= 0.3 is 0 Å². The average molecular weight is 273 g/mol. The lowest BCUT2D eigenvalue weighted by atomic mass is 10.3. The van der Waals surface area contributed by atoms with Crippen molar-refractivity contribution in [2.75, 3.05) is 6.54 Å². The van der Waals surface area contributed by atoms with Crippen LogP contribution in [0.5, 0.6) is 0 Å². The predicted octanol–water partition coefficient (Wildman–Crippen LogP) is 3.44. The molecule has 15 heavy (non-hydrogen) atoms. The molecule has 0 unspecified atom stereocenters. The minimum atomic E-state index is 0. The Bertz CT molecular complexity index is 220. The Hall–Kier alpha value is -0.670. The van der Waals surface area contributed by atoms with Gasteiger partial charge in [0, 0.05) is 6.20 Å². The number of nitrogens with two attached hydrogens (primary N) is 1. The Morgan fingerprint density at radius 1 is 1.40 bits per heavy atom. The zero-order valence-corrected chi connectivity index (χ0v) is 11.1. The lowest BCUT2D eigenvalue weighted by Gasteiger charge is -1.86. The predicted molar refractivity (Wildman–Crippen MR) is 73.2 cm³/mol. The van der Waals surface area contributed by atoms with Gasteiger partial charge in [0.1, 0.15) is 0 Å². The van der Waals surface area contributed by atoms with Gasteiger partial charge in [0.15, 0.2) is 0 Å². The molecular formula is C12H21BrN2. The molecule has 0 amide bonds. The molecule has 1 aromatic rings. The van der Waals surface area contributed by atoms with Gasteiger partial charge in [-0.25, -0.2) is 0 Å². The third-order valence-corrected chi connectivity index (χ3v) is 1.70. The third kappa shape index (κ3) is 11.3. The third-order valence-electron chi connectivity index (χ3n) is 1.70. The van der Waals surface area contributed by atoms with Crippen molar-refractivity contribution in [1.82, 2.24) is 4.98 Å². The summed E-state index contributed by atoms with van der Waals surface area (Å²) < 4.78 is 0. The summed E-state index contributed by atoms with van der Waals surface area (Å²) in [6.45, 7) is 6.60. The monoisotopic (exact) mass is 272 g/mol. The van der Waals surface area contributed by atoms with Gasteiger partial charge in [-0.2, -0.15) is 0 Å². The van der Waals surface area contributed by atoms with Crippen molar-refractivity contribution in [1.29, 1.82) is 0 Å². The van der Waals surface area contributed by atoms with E-state index in [-0.39, 0.29) is 17.0 Å². The van der Waals surface area contributed by atoms with Crippen LogP contribution in [0.2, 0.25) is 0 Å². The first kappa shape index (κ1) is 16.7. The molecule has 0 aliphatic heterocycles. The minimum absolute atomic E-state index is 0. The SMILES string of the molecule is Br.C=Cc1ccccn1.CCCCCN. The van der Waals surface area contributed by atoms with Crippen LogP contribution in [0.25, 0.3) is 6.08 Å². The van der Waals surface area contributed by atoms with Crippen LogP contribution in [0, 0.1) is 0 Å². The zero-order chi connectivity index (χ0) is 10.6. The van der Waals surface area contributed by atoms with Crippen LogP contribution in [0.15, 0.2) is 31.0 Å². The molecule has 0 saturated heterocycles. The smallest absolute Gasteiger partial charge is 0.0623 e. The van der Waals surface area contributed by atoms with Crippen molar-refractivity contribution < 1.29 is 0 Å². The van der Waals surface area contributed by atoms with Crippen molar-refractivity contribution in [3.05, 3.63) is 36.7 Å². The molecule has 0 atom stereocenters.